The highest BCUT2D eigenvalue weighted by Crippen LogP contribution is 2.12. The van der Waals surface area contributed by atoms with Gasteiger partial charge < -0.3 is 0 Å². The first-order chi connectivity index (χ1) is 8.80. The van der Waals surface area contributed by atoms with Crippen LogP contribution in [0, 0.1) is 0 Å². The van der Waals surface area contributed by atoms with Gasteiger partial charge in [-0.25, -0.2) is 0 Å². The molecule has 3 nitrogen and oxygen atoms in total. The standard InChI is InChI=1S/C16H21NO2/c1-13(12-17(19)16(2,3)4)15(18)11-10-14-8-6-5-7-9-14/h5-12,19H,1-4H3/b11-10+,13-12+. The Balaban J connectivity index is 2.73. The second-order valence-corrected chi connectivity index (χ2v) is 5.44. The molecule has 0 saturated carbocycles. The summed E-state index contributed by atoms with van der Waals surface area (Å²) in [7, 11) is 0. The van der Waals surface area contributed by atoms with Gasteiger partial charge in [0.1, 0.15) is 0 Å². The molecule has 0 aliphatic carbocycles. The average molecular weight is 259 g/mol. The number of ketones is 1. The van der Waals surface area contributed by atoms with Crippen LogP contribution in [0.5, 0.6) is 0 Å². The first-order valence-corrected chi connectivity index (χ1v) is 6.25. The molecule has 0 aliphatic rings. The molecule has 1 N–H and O–H groups in total. The van der Waals surface area contributed by atoms with E-state index in [1.807, 2.05) is 51.1 Å². The molecule has 0 aromatic heterocycles. The van der Waals surface area contributed by atoms with Crippen LogP contribution in [0.4, 0.5) is 0 Å². The van der Waals surface area contributed by atoms with Gasteiger partial charge in [-0.05, 0) is 39.3 Å². The van der Waals surface area contributed by atoms with Crippen LogP contribution in [0.15, 0.2) is 48.2 Å². The van der Waals surface area contributed by atoms with Crippen molar-refractivity contribution in [2.75, 3.05) is 0 Å². The summed E-state index contributed by atoms with van der Waals surface area (Å²) >= 11 is 0. The van der Waals surface area contributed by atoms with Crippen LogP contribution >= 0.6 is 0 Å². The maximum absolute atomic E-state index is 11.9. The summed E-state index contributed by atoms with van der Waals surface area (Å²) in [5, 5.41) is 10.8. The second-order valence-electron chi connectivity index (χ2n) is 5.44. The van der Waals surface area contributed by atoms with Crippen molar-refractivity contribution in [1.82, 2.24) is 5.06 Å². The molecule has 0 aliphatic heterocycles. The number of benzene rings is 1. The first kappa shape index (κ1) is 15.2. The van der Waals surface area contributed by atoms with E-state index in [2.05, 4.69) is 0 Å². The molecule has 0 saturated heterocycles. The smallest absolute Gasteiger partial charge is 0.183 e. The third kappa shape index (κ3) is 5.10. The molecule has 19 heavy (non-hydrogen) atoms. The number of hydroxylamine groups is 2. The zero-order valence-corrected chi connectivity index (χ0v) is 11.9. The Labute approximate surface area is 114 Å². The van der Waals surface area contributed by atoms with Gasteiger partial charge in [0.2, 0.25) is 0 Å². The van der Waals surface area contributed by atoms with E-state index in [4.69, 9.17) is 0 Å². The quantitative estimate of drug-likeness (QED) is 0.662. The van der Waals surface area contributed by atoms with E-state index in [1.54, 1.807) is 13.0 Å². The van der Waals surface area contributed by atoms with Crippen molar-refractivity contribution in [3.05, 3.63) is 53.7 Å². The second kappa shape index (κ2) is 6.34. The molecule has 0 radical (unpaired) electrons. The van der Waals surface area contributed by atoms with Crippen molar-refractivity contribution in [2.24, 2.45) is 0 Å². The molecule has 0 unspecified atom stereocenters. The minimum atomic E-state index is -0.426. The lowest BCUT2D eigenvalue weighted by molar-refractivity contribution is -0.116. The van der Waals surface area contributed by atoms with E-state index in [0.29, 0.717) is 5.57 Å². The van der Waals surface area contributed by atoms with Gasteiger partial charge in [0, 0.05) is 11.8 Å². The Morgan fingerprint density at radius 3 is 2.32 bits per heavy atom. The lowest BCUT2D eigenvalue weighted by atomic mass is 10.1. The summed E-state index contributed by atoms with van der Waals surface area (Å²) in [5.74, 6) is -0.118. The fraction of sp³-hybridized carbons (Fsp3) is 0.312. The largest absolute Gasteiger partial charge is 0.290 e. The van der Waals surface area contributed by atoms with Crippen molar-refractivity contribution in [1.29, 1.82) is 0 Å². The van der Waals surface area contributed by atoms with Crippen LogP contribution in [0.25, 0.3) is 6.08 Å². The first-order valence-electron chi connectivity index (χ1n) is 6.25. The van der Waals surface area contributed by atoms with E-state index in [-0.39, 0.29) is 5.78 Å². The van der Waals surface area contributed by atoms with Crippen molar-refractivity contribution < 1.29 is 10.0 Å². The van der Waals surface area contributed by atoms with Crippen LogP contribution in [0.3, 0.4) is 0 Å². The average Bonchev–Trinajstić information content (AvgIpc) is 2.35. The van der Waals surface area contributed by atoms with Crippen molar-refractivity contribution in [3.63, 3.8) is 0 Å². The Morgan fingerprint density at radius 1 is 1.21 bits per heavy atom. The lowest BCUT2D eigenvalue weighted by Crippen LogP contribution is -2.34. The molecule has 0 amide bonds. The minimum absolute atomic E-state index is 0.118. The monoisotopic (exact) mass is 259 g/mol. The molecule has 1 aromatic carbocycles. The number of allylic oxidation sites excluding steroid dienone is 2. The van der Waals surface area contributed by atoms with E-state index in [0.717, 1.165) is 10.6 Å². The fourth-order valence-electron chi connectivity index (χ4n) is 1.31. The maximum Gasteiger partial charge on any atom is 0.183 e. The number of rotatable bonds is 4. The molecular weight excluding hydrogens is 238 g/mol. The summed E-state index contributed by atoms with van der Waals surface area (Å²) in [6.07, 6.45) is 4.73. The van der Waals surface area contributed by atoms with Gasteiger partial charge in [0.05, 0.1) is 5.54 Å². The van der Waals surface area contributed by atoms with Gasteiger partial charge in [-0.3, -0.25) is 15.1 Å². The number of carbonyl (C=O) groups excluding carboxylic acids is 1. The predicted octanol–water partition coefficient (Wildman–Crippen LogP) is 3.66. The summed E-state index contributed by atoms with van der Waals surface area (Å²) < 4.78 is 0. The molecule has 1 rings (SSSR count). The molecule has 0 atom stereocenters. The van der Waals surface area contributed by atoms with Gasteiger partial charge >= 0.3 is 0 Å². The number of hydrogen-bond donors (Lipinski definition) is 1. The van der Waals surface area contributed by atoms with Gasteiger partial charge in [0.15, 0.2) is 5.78 Å². The highest BCUT2D eigenvalue weighted by Gasteiger charge is 2.16. The third-order valence-corrected chi connectivity index (χ3v) is 2.62. The molecule has 0 fully saturated rings. The van der Waals surface area contributed by atoms with E-state index >= 15 is 0 Å². The highest BCUT2D eigenvalue weighted by molar-refractivity contribution is 6.05. The third-order valence-electron chi connectivity index (χ3n) is 2.62. The van der Waals surface area contributed by atoms with Crippen LogP contribution in [-0.4, -0.2) is 21.6 Å². The Kier molecular flexibility index (Phi) is 5.07. The van der Waals surface area contributed by atoms with Crippen molar-refractivity contribution in [3.8, 4) is 0 Å². The van der Waals surface area contributed by atoms with Gasteiger partial charge in [0.25, 0.3) is 0 Å². The van der Waals surface area contributed by atoms with Crippen LogP contribution in [-0.2, 0) is 4.79 Å². The number of nitrogens with zero attached hydrogens (tertiary/aromatic N) is 1. The zero-order chi connectivity index (χ0) is 14.5. The van der Waals surface area contributed by atoms with Gasteiger partial charge in [-0.2, -0.15) is 0 Å². The number of carbonyl (C=O) groups is 1. The summed E-state index contributed by atoms with van der Waals surface area (Å²) in [5.41, 5.74) is 1.04. The van der Waals surface area contributed by atoms with E-state index < -0.39 is 5.54 Å². The Morgan fingerprint density at radius 2 is 1.79 bits per heavy atom. The summed E-state index contributed by atoms with van der Waals surface area (Å²) in [6, 6.07) is 9.62. The zero-order valence-electron chi connectivity index (χ0n) is 11.9. The van der Waals surface area contributed by atoms with Crippen molar-refractivity contribution in [2.45, 2.75) is 33.2 Å². The SMILES string of the molecule is C/C(=C\N(O)C(C)(C)C)C(=O)/C=C/c1ccccc1. The molecule has 0 heterocycles. The maximum atomic E-state index is 11.9. The molecule has 0 spiro atoms. The predicted molar refractivity (Wildman–Crippen MR) is 77.6 cm³/mol. The van der Waals surface area contributed by atoms with Gasteiger partial charge in [-0.1, -0.05) is 36.4 Å². The Bertz CT molecular complexity index is 481. The molecule has 1 aromatic rings. The van der Waals surface area contributed by atoms with Gasteiger partial charge in [-0.15, -0.1) is 0 Å². The Hall–Kier alpha value is -1.87. The van der Waals surface area contributed by atoms with Crippen LogP contribution < -0.4 is 0 Å². The molecular formula is C16H21NO2. The van der Waals surface area contributed by atoms with Crippen molar-refractivity contribution >= 4 is 11.9 Å². The molecule has 102 valence electrons. The molecule has 0 bridgehead atoms. The minimum Gasteiger partial charge on any atom is -0.290 e. The summed E-state index contributed by atoms with van der Waals surface area (Å²) in [4.78, 5) is 11.9. The normalized spacial score (nSPS) is 12.8. The van der Waals surface area contributed by atoms with Crippen LogP contribution in [0.2, 0.25) is 0 Å². The van der Waals surface area contributed by atoms with Crippen LogP contribution in [0.1, 0.15) is 33.3 Å². The topological polar surface area (TPSA) is 40.5 Å². The summed E-state index contributed by atoms with van der Waals surface area (Å²) in [6.45, 7) is 7.27. The lowest BCUT2D eigenvalue weighted by Gasteiger charge is -2.28. The molecule has 3 heteroatoms. The highest BCUT2D eigenvalue weighted by atomic mass is 16.5. The number of hydrogen-bond acceptors (Lipinski definition) is 3. The van der Waals surface area contributed by atoms with E-state index in [1.165, 1.54) is 12.3 Å². The van der Waals surface area contributed by atoms with E-state index in [9.17, 15) is 10.0 Å². The fourth-order valence-corrected chi connectivity index (χ4v) is 1.31.